The largest absolute Gasteiger partial charge is 0.387 e. The summed E-state index contributed by atoms with van der Waals surface area (Å²) in [6, 6.07) is 15.7. The van der Waals surface area contributed by atoms with Crippen molar-refractivity contribution >= 4 is 6.03 Å². The second-order valence-electron chi connectivity index (χ2n) is 11.5. The Morgan fingerprint density at radius 1 is 1.10 bits per heavy atom. The minimum absolute atomic E-state index is 0.00990. The van der Waals surface area contributed by atoms with Crippen LogP contribution in [0.15, 0.2) is 65.7 Å². The van der Waals surface area contributed by atoms with Gasteiger partial charge in [0.15, 0.2) is 0 Å². The number of piperazine rings is 1. The van der Waals surface area contributed by atoms with E-state index in [1.165, 1.54) is 0 Å². The van der Waals surface area contributed by atoms with E-state index in [4.69, 9.17) is 0 Å². The van der Waals surface area contributed by atoms with E-state index in [2.05, 4.69) is 22.5 Å². The molecular weight excluding hydrogens is 492 g/mol. The van der Waals surface area contributed by atoms with Crippen molar-refractivity contribution in [3.8, 4) is 11.3 Å². The quantitative estimate of drug-likeness (QED) is 0.541. The lowest BCUT2D eigenvalue weighted by molar-refractivity contribution is -0.136. The molecule has 1 spiro atoms. The second kappa shape index (κ2) is 10.3. The van der Waals surface area contributed by atoms with Gasteiger partial charge in [0.05, 0.1) is 23.9 Å². The molecule has 9 nitrogen and oxygen atoms in total. The summed E-state index contributed by atoms with van der Waals surface area (Å²) in [7, 11) is 1.85. The Balaban J connectivity index is 1.23. The number of nitrogens with one attached hydrogen (secondary N) is 1. The summed E-state index contributed by atoms with van der Waals surface area (Å²) in [5.41, 5.74) is 1.20. The molecule has 206 valence electrons. The van der Waals surface area contributed by atoms with Crippen molar-refractivity contribution in [2.24, 2.45) is 12.5 Å². The highest BCUT2D eigenvalue weighted by Crippen LogP contribution is 2.51. The van der Waals surface area contributed by atoms with Crippen LogP contribution in [0.4, 0.5) is 4.79 Å². The van der Waals surface area contributed by atoms with Crippen LogP contribution < -0.4 is 10.9 Å². The molecule has 2 aromatic heterocycles. The van der Waals surface area contributed by atoms with Gasteiger partial charge in [0.2, 0.25) is 0 Å². The maximum absolute atomic E-state index is 14.0. The Morgan fingerprint density at radius 2 is 1.90 bits per heavy atom. The van der Waals surface area contributed by atoms with Gasteiger partial charge in [-0.1, -0.05) is 43.2 Å². The number of carbonyl (C=O) groups is 1. The van der Waals surface area contributed by atoms with E-state index in [0.29, 0.717) is 26.1 Å². The van der Waals surface area contributed by atoms with Gasteiger partial charge < -0.3 is 24.8 Å². The summed E-state index contributed by atoms with van der Waals surface area (Å²) in [4.78, 5) is 31.1. The molecule has 3 aliphatic rings. The van der Waals surface area contributed by atoms with Crippen LogP contribution in [0.2, 0.25) is 0 Å². The van der Waals surface area contributed by atoms with Crippen LogP contribution in [0.3, 0.4) is 0 Å². The Hall–Kier alpha value is -3.43. The molecule has 2 unspecified atom stereocenters. The maximum atomic E-state index is 14.0. The number of aryl methyl sites for hydroxylation is 1. The minimum Gasteiger partial charge on any atom is -0.387 e. The van der Waals surface area contributed by atoms with Crippen molar-refractivity contribution < 1.29 is 9.90 Å². The lowest BCUT2D eigenvalue weighted by Gasteiger charge is -2.53. The number of rotatable bonds is 4. The van der Waals surface area contributed by atoms with Crippen molar-refractivity contribution in [3.63, 3.8) is 0 Å². The number of likely N-dealkylation sites (tertiary alicyclic amines) is 1. The third-order valence-corrected chi connectivity index (χ3v) is 9.33. The minimum atomic E-state index is -1.06. The zero-order valence-electron chi connectivity index (χ0n) is 22.6. The maximum Gasteiger partial charge on any atom is 0.320 e. The van der Waals surface area contributed by atoms with Gasteiger partial charge in [0.25, 0.3) is 5.56 Å². The number of nitrogens with zero attached hydrogens (tertiary/aromatic N) is 5. The molecule has 0 bridgehead atoms. The number of hydrogen-bond donors (Lipinski definition) is 2. The van der Waals surface area contributed by atoms with Crippen molar-refractivity contribution in [1.29, 1.82) is 0 Å². The van der Waals surface area contributed by atoms with E-state index in [-0.39, 0.29) is 24.2 Å². The molecule has 1 saturated carbocycles. The summed E-state index contributed by atoms with van der Waals surface area (Å²) in [6.45, 7) is 3.40. The lowest BCUT2D eigenvalue weighted by atomic mass is 9.66. The van der Waals surface area contributed by atoms with Gasteiger partial charge in [-0.2, -0.15) is 5.10 Å². The number of benzene rings is 1. The average molecular weight is 531 g/mol. The molecule has 1 aromatic carbocycles. The topological polar surface area (TPSA) is 95.6 Å². The van der Waals surface area contributed by atoms with Gasteiger partial charge in [-0.3, -0.25) is 9.48 Å². The number of hydrogen-bond acceptors (Lipinski definition) is 5. The van der Waals surface area contributed by atoms with Crippen molar-refractivity contribution in [1.82, 2.24) is 29.5 Å². The van der Waals surface area contributed by atoms with E-state index in [1.807, 2.05) is 47.2 Å². The number of aliphatic hydroxyl groups is 1. The first-order valence-electron chi connectivity index (χ1n) is 14.1. The van der Waals surface area contributed by atoms with E-state index >= 15 is 0 Å². The standard InChI is InChI=1S/C30H38N6O3/c1-33-25(9-14-32-33)24-10-16-34(27(37)19-24)22-30(39)13-17-35(21-29(30)11-5-6-12-29)28(38)36-18-15-31-20-26(36)23-7-3-2-4-8-23/h2-4,7-10,14,16,19,26,31,39H,5-6,11-13,15,17-18,20-22H2,1H3. The number of aromatic nitrogens is 3. The number of carbonyl (C=O) groups excluding carboxylic acids is 1. The lowest BCUT2D eigenvalue weighted by Crippen LogP contribution is -2.64. The highest BCUT2D eigenvalue weighted by molar-refractivity contribution is 5.75. The van der Waals surface area contributed by atoms with Gasteiger partial charge in [-0.15, -0.1) is 0 Å². The fraction of sp³-hybridized carbons (Fsp3) is 0.500. The molecule has 2 amide bonds. The van der Waals surface area contributed by atoms with Crippen LogP contribution in [-0.2, 0) is 13.6 Å². The molecule has 9 heteroatoms. The van der Waals surface area contributed by atoms with Crippen LogP contribution >= 0.6 is 0 Å². The predicted octanol–water partition coefficient (Wildman–Crippen LogP) is 3.01. The van der Waals surface area contributed by atoms with E-state index in [1.54, 1.807) is 27.7 Å². The first kappa shape index (κ1) is 25.8. The molecule has 3 fully saturated rings. The number of piperidine rings is 1. The molecule has 1 aliphatic carbocycles. The van der Waals surface area contributed by atoms with E-state index in [0.717, 1.165) is 55.6 Å². The molecule has 3 aromatic rings. The molecule has 6 rings (SSSR count). The van der Waals surface area contributed by atoms with Gasteiger partial charge in [-0.05, 0) is 37.0 Å². The summed E-state index contributed by atoms with van der Waals surface area (Å²) in [6.07, 6.45) is 7.73. The van der Waals surface area contributed by atoms with Crippen LogP contribution in [0.1, 0.15) is 43.7 Å². The molecule has 2 saturated heterocycles. The van der Waals surface area contributed by atoms with Crippen molar-refractivity contribution in [2.45, 2.75) is 50.3 Å². The van der Waals surface area contributed by atoms with Gasteiger partial charge in [0.1, 0.15) is 0 Å². The molecule has 2 atom stereocenters. The Kier molecular flexibility index (Phi) is 6.81. The molecular formula is C30H38N6O3. The monoisotopic (exact) mass is 530 g/mol. The fourth-order valence-corrected chi connectivity index (χ4v) is 7.09. The molecule has 2 N–H and O–H groups in total. The molecule has 4 heterocycles. The number of pyridine rings is 1. The van der Waals surface area contributed by atoms with Crippen molar-refractivity contribution in [3.05, 3.63) is 76.8 Å². The Bertz CT molecular complexity index is 1380. The zero-order valence-corrected chi connectivity index (χ0v) is 22.6. The third-order valence-electron chi connectivity index (χ3n) is 9.33. The number of amides is 2. The summed E-state index contributed by atoms with van der Waals surface area (Å²) in [5, 5.41) is 19.8. The van der Waals surface area contributed by atoms with E-state index < -0.39 is 11.0 Å². The second-order valence-corrected chi connectivity index (χ2v) is 11.5. The smallest absolute Gasteiger partial charge is 0.320 e. The predicted molar refractivity (Wildman–Crippen MR) is 149 cm³/mol. The Morgan fingerprint density at radius 3 is 2.62 bits per heavy atom. The summed E-state index contributed by atoms with van der Waals surface area (Å²) >= 11 is 0. The fourth-order valence-electron chi connectivity index (χ4n) is 7.09. The first-order valence-corrected chi connectivity index (χ1v) is 14.1. The van der Waals surface area contributed by atoms with Crippen LogP contribution in [0.5, 0.6) is 0 Å². The Labute approximate surface area is 229 Å². The van der Waals surface area contributed by atoms with Gasteiger partial charge in [0, 0.05) is 69.2 Å². The average Bonchev–Trinajstić information content (AvgIpc) is 3.61. The zero-order chi connectivity index (χ0) is 27.0. The highest BCUT2D eigenvalue weighted by atomic mass is 16.3. The van der Waals surface area contributed by atoms with Gasteiger partial charge in [-0.25, -0.2) is 4.79 Å². The van der Waals surface area contributed by atoms with Crippen LogP contribution in [-0.4, -0.2) is 73.6 Å². The molecule has 2 aliphatic heterocycles. The third kappa shape index (κ3) is 4.67. The SMILES string of the molecule is Cn1nccc1-c1ccn(CC2(O)CCN(C(=O)N3CCNCC3c3ccccc3)CC23CCCC3)c(=O)c1. The van der Waals surface area contributed by atoms with Crippen LogP contribution in [0.25, 0.3) is 11.3 Å². The van der Waals surface area contributed by atoms with Crippen molar-refractivity contribution in [2.75, 3.05) is 32.7 Å². The normalized spacial score (nSPS) is 24.8. The molecule has 39 heavy (non-hydrogen) atoms. The first-order chi connectivity index (χ1) is 18.9. The van der Waals surface area contributed by atoms with Crippen LogP contribution in [0, 0.1) is 5.41 Å². The molecule has 0 radical (unpaired) electrons. The van der Waals surface area contributed by atoms with Gasteiger partial charge >= 0.3 is 6.03 Å². The highest BCUT2D eigenvalue weighted by Gasteiger charge is 2.56. The number of urea groups is 1. The van der Waals surface area contributed by atoms with E-state index in [9.17, 15) is 14.7 Å². The summed E-state index contributed by atoms with van der Waals surface area (Å²) in [5.74, 6) is 0. The summed E-state index contributed by atoms with van der Waals surface area (Å²) < 4.78 is 3.38.